The van der Waals surface area contributed by atoms with Crippen LogP contribution in [0.1, 0.15) is 6.42 Å². The Hall–Kier alpha value is -2.30. The molecule has 5 heteroatoms. The van der Waals surface area contributed by atoms with Crippen molar-refractivity contribution in [3.63, 3.8) is 0 Å². The second-order valence-electron chi connectivity index (χ2n) is 6.99. The van der Waals surface area contributed by atoms with Gasteiger partial charge in [-0.25, -0.2) is 0 Å². The summed E-state index contributed by atoms with van der Waals surface area (Å²) >= 11 is 0. The van der Waals surface area contributed by atoms with Crippen LogP contribution in [0.15, 0.2) is 42.5 Å². The molecule has 126 valence electrons. The highest BCUT2D eigenvalue weighted by molar-refractivity contribution is 5.87. The Bertz CT molecular complexity index is 664. The Morgan fingerprint density at radius 2 is 1.54 bits per heavy atom. The van der Waals surface area contributed by atoms with E-state index in [0.29, 0.717) is 13.1 Å². The van der Waals surface area contributed by atoms with Gasteiger partial charge in [0, 0.05) is 31.9 Å². The number of hydrogen-bond donors (Lipinski definition) is 1. The van der Waals surface area contributed by atoms with Crippen molar-refractivity contribution in [3.8, 4) is 0 Å². The fourth-order valence-corrected chi connectivity index (χ4v) is 4.53. The first kappa shape index (κ1) is 15.2. The van der Waals surface area contributed by atoms with Crippen molar-refractivity contribution in [2.75, 3.05) is 31.1 Å². The maximum absolute atomic E-state index is 13.0. The van der Waals surface area contributed by atoms with Gasteiger partial charge in [-0.3, -0.25) is 9.59 Å². The molecule has 4 rings (SSSR count). The lowest BCUT2D eigenvalue weighted by Crippen LogP contribution is -2.52. The average molecular weight is 326 g/mol. The lowest BCUT2D eigenvalue weighted by Gasteiger charge is -2.38. The van der Waals surface area contributed by atoms with Crippen LogP contribution < -0.4 is 4.90 Å². The van der Waals surface area contributed by atoms with E-state index in [1.807, 2.05) is 35.3 Å². The lowest BCUT2D eigenvalue weighted by molar-refractivity contribution is -0.151. The molecule has 2 fully saturated rings. The number of anilines is 1. The molecule has 1 heterocycles. The van der Waals surface area contributed by atoms with Gasteiger partial charge in [0.2, 0.25) is 5.91 Å². The van der Waals surface area contributed by atoms with E-state index >= 15 is 0 Å². The molecule has 0 spiro atoms. The predicted molar refractivity (Wildman–Crippen MR) is 90.6 cm³/mol. The lowest BCUT2D eigenvalue weighted by atomic mass is 9.82. The molecule has 24 heavy (non-hydrogen) atoms. The van der Waals surface area contributed by atoms with Crippen LogP contribution in [0.25, 0.3) is 0 Å². The van der Waals surface area contributed by atoms with Crippen LogP contribution in [0.4, 0.5) is 5.69 Å². The molecule has 1 aromatic carbocycles. The van der Waals surface area contributed by atoms with Crippen LogP contribution in [0.2, 0.25) is 0 Å². The van der Waals surface area contributed by atoms with Gasteiger partial charge in [-0.05, 0) is 30.4 Å². The first-order valence-corrected chi connectivity index (χ1v) is 8.65. The average Bonchev–Trinajstić information content (AvgIpc) is 3.23. The SMILES string of the molecule is O=C(O)[C@H]1[C@H](C(=O)N2CCN(c3ccccc3)CC2)[C@H]2C=C[C@H]1C2. The van der Waals surface area contributed by atoms with Crippen LogP contribution >= 0.6 is 0 Å². The zero-order valence-corrected chi connectivity index (χ0v) is 13.5. The summed E-state index contributed by atoms with van der Waals surface area (Å²) in [4.78, 5) is 28.7. The standard InChI is InChI=1S/C19H22N2O3/c22-18(16-13-6-7-14(12-13)17(16)19(23)24)21-10-8-20(9-11-21)15-4-2-1-3-5-15/h1-7,13-14,16-17H,8-12H2,(H,23,24)/t13-,14-,16+,17+/m0/s1. The third-order valence-electron chi connectivity index (χ3n) is 5.74. The van der Waals surface area contributed by atoms with Crippen molar-refractivity contribution < 1.29 is 14.7 Å². The number of amides is 1. The van der Waals surface area contributed by atoms with Crippen molar-refractivity contribution >= 4 is 17.6 Å². The summed E-state index contributed by atoms with van der Waals surface area (Å²) in [5.41, 5.74) is 1.18. The molecule has 2 bridgehead atoms. The first-order valence-electron chi connectivity index (χ1n) is 8.65. The van der Waals surface area contributed by atoms with Gasteiger partial charge in [0.05, 0.1) is 11.8 Å². The maximum atomic E-state index is 13.0. The van der Waals surface area contributed by atoms with E-state index < -0.39 is 11.9 Å². The molecule has 0 unspecified atom stereocenters. The molecule has 1 N–H and O–H groups in total. The molecule has 1 aliphatic heterocycles. The topological polar surface area (TPSA) is 60.9 Å². The summed E-state index contributed by atoms with van der Waals surface area (Å²) in [7, 11) is 0. The van der Waals surface area contributed by atoms with Crippen molar-refractivity contribution in [1.82, 2.24) is 4.90 Å². The number of rotatable bonds is 3. The Balaban J connectivity index is 1.43. The molecule has 1 saturated heterocycles. The van der Waals surface area contributed by atoms with Crippen molar-refractivity contribution in [2.45, 2.75) is 6.42 Å². The summed E-state index contributed by atoms with van der Waals surface area (Å²) in [5.74, 6) is -1.57. The molecular weight excluding hydrogens is 304 g/mol. The minimum atomic E-state index is -0.826. The van der Waals surface area contributed by atoms with E-state index in [9.17, 15) is 14.7 Å². The number of para-hydroxylation sites is 1. The number of allylic oxidation sites excluding steroid dienone is 2. The Labute approximate surface area is 141 Å². The van der Waals surface area contributed by atoms with Crippen LogP contribution in [-0.4, -0.2) is 48.1 Å². The highest BCUT2D eigenvalue weighted by Crippen LogP contribution is 2.48. The largest absolute Gasteiger partial charge is 0.481 e. The van der Waals surface area contributed by atoms with Crippen molar-refractivity contribution in [3.05, 3.63) is 42.5 Å². The zero-order valence-electron chi connectivity index (χ0n) is 13.5. The number of piperazine rings is 1. The Kier molecular flexibility index (Phi) is 3.79. The van der Waals surface area contributed by atoms with E-state index in [0.717, 1.165) is 19.5 Å². The van der Waals surface area contributed by atoms with Gasteiger partial charge < -0.3 is 14.9 Å². The van der Waals surface area contributed by atoms with Crippen LogP contribution in [0.3, 0.4) is 0 Å². The Morgan fingerprint density at radius 3 is 2.17 bits per heavy atom. The highest BCUT2D eigenvalue weighted by atomic mass is 16.4. The smallest absolute Gasteiger partial charge is 0.307 e. The molecule has 1 amide bonds. The molecule has 0 aromatic heterocycles. The Morgan fingerprint density at radius 1 is 0.917 bits per heavy atom. The number of carboxylic acid groups (broad SMARTS) is 1. The molecule has 5 nitrogen and oxygen atoms in total. The van der Waals surface area contributed by atoms with Crippen molar-refractivity contribution in [1.29, 1.82) is 0 Å². The predicted octanol–water partition coefficient (Wildman–Crippen LogP) is 1.86. The summed E-state index contributed by atoms with van der Waals surface area (Å²) in [6, 6.07) is 10.2. The third kappa shape index (κ3) is 2.48. The molecular formula is C19H22N2O3. The fourth-order valence-electron chi connectivity index (χ4n) is 4.53. The van der Waals surface area contributed by atoms with E-state index in [-0.39, 0.29) is 23.7 Å². The van der Waals surface area contributed by atoms with Crippen LogP contribution in [-0.2, 0) is 9.59 Å². The summed E-state index contributed by atoms with van der Waals surface area (Å²) in [6.07, 6.45) is 4.85. The number of carboxylic acids is 1. The summed E-state index contributed by atoms with van der Waals surface area (Å²) in [6.45, 7) is 2.92. The number of fused-ring (bicyclic) bond motifs is 2. The fraction of sp³-hybridized carbons (Fsp3) is 0.474. The molecule has 2 aliphatic carbocycles. The number of carbonyl (C=O) groups is 2. The van der Waals surface area contributed by atoms with Gasteiger partial charge in [-0.15, -0.1) is 0 Å². The van der Waals surface area contributed by atoms with E-state index in [4.69, 9.17) is 0 Å². The summed E-state index contributed by atoms with van der Waals surface area (Å²) < 4.78 is 0. The number of hydrogen-bond acceptors (Lipinski definition) is 3. The monoisotopic (exact) mass is 326 g/mol. The molecule has 3 aliphatic rings. The maximum Gasteiger partial charge on any atom is 0.307 e. The minimum Gasteiger partial charge on any atom is -0.481 e. The number of aliphatic carboxylic acids is 1. The molecule has 1 saturated carbocycles. The first-order chi connectivity index (χ1) is 11.6. The number of nitrogens with zero attached hydrogens (tertiary/aromatic N) is 2. The second-order valence-corrected chi connectivity index (χ2v) is 6.99. The molecule has 1 aromatic rings. The molecule has 4 atom stereocenters. The number of carbonyl (C=O) groups excluding carboxylic acids is 1. The van der Waals surface area contributed by atoms with Gasteiger partial charge in [-0.2, -0.15) is 0 Å². The quantitative estimate of drug-likeness (QED) is 0.861. The van der Waals surface area contributed by atoms with E-state index in [1.54, 1.807) is 0 Å². The van der Waals surface area contributed by atoms with Gasteiger partial charge in [0.25, 0.3) is 0 Å². The normalized spacial score (nSPS) is 31.5. The van der Waals surface area contributed by atoms with E-state index in [1.165, 1.54) is 5.69 Å². The van der Waals surface area contributed by atoms with E-state index in [2.05, 4.69) is 17.0 Å². The zero-order chi connectivity index (χ0) is 16.7. The van der Waals surface area contributed by atoms with Gasteiger partial charge in [0.1, 0.15) is 0 Å². The van der Waals surface area contributed by atoms with Crippen LogP contribution in [0, 0.1) is 23.7 Å². The van der Waals surface area contributed by atoms with Gasteiger partial charge in [0.15, 0.2) is 0 Å². The third-order valence-corrected chi connectivity index (χ3v) is 5.74. The van der Waals surface area contributed by atoms with Crippen molar-refractivity contribution in [2.24, 2.45) is 23.7 Å². The number of benzene rings is 1. The highest BCUT2D eigenvalue weighted by Gasteiger charge is 2.52. The summed E-state index contributed by atoms with van der Waals surface area (Å²) in [5, 5.41) is 9.53. The minimum absolute atomic E-state index is 0.0342. The van der Waals surface area contributed by atoms with Gasteiger partial charge >= 0.3 is 5.97 Å². The van der Waals surface area contributed by atoms with Gasteiger partial charge in [-0.1, -0.05) is 30.4 Å². The molecule has 0 radical (unpaired) electrons. The van der Waals surface area contributed by atoms with Crippen LogP contribution in [0.5, 0.6) is 0 Å². The second kappa shape index (κ2) is 5.96.